The highest BCUT2D eigenvalue weighted by atomic mass is 35.5. The van der Waals surface area contributed by atoms with Crippen LogP contribution < -0.4 is 0 Å². The highest BCUT2D eigenvalue weighted by molar-refractivity contribution is 6.30. The van der Waals surface area contributed by atoms with Crippen molar-refractivity contribution in [3.63, 3.8) is 0 Å². The number of carbonyl (C=O) groups is 1. The number of likely N-dealkylation sites (N-methyl/N-ethyl adjacent to an activating group) is 1. The van der Waals surface area contributed by atoms with Crippen LogP contribution >= 0.6 is 11.6 Å². The average Bonchev–Trinajstić information content (AvgIpc) is 3.27. The van der Waals surface area contributed by atoms with Gasteiger partial charge in [0.1, 0.15) is 6.10 Å². The monoisotopic (exact) mass is 295 g/mol. The SMILES string of the molecule is CC(OCC1CC1)C(=O)N(C)C(C)c1ccc(Cl)cc1. The molecule has 110 valence electrons. The van der Waals surface area contributed by atoms with Gasteiger partial charge in [-0.05, 0) is 50.3 Å². The van der Waals surface area contributed by atoms with Gasteiger partial charge in [-0.1, -0.05) is 23.7 Å². The maximum Gasteiger partial charge on any atom is 0.251 e. The van der Waals surface area contributed by atoms with Crippen molar-refractivity contribution in [3.05, 3.63) is 34.9 Å². The molecule has 0 spiro atoms. The van der Waals surface area contributed by atoms with Crippen LogP contribution in [0.25, 0.3) is 0 Å². The van der Waals surface area contributed by atoms with Crippen molar-refractivity contribution >= 4 is 17.5 Å². The standard InChI is InChI=1S/C16H22ClNO2/c1-11(14-6-8-15(17)9-7-14)18(3)16(19)12(2)20-10-13-4-5-13/h6-9,11-13H,4-5,10H2,1-3H3. The van der Waals surface area contributed by atoms with Gasteiger partial charge >= 0.3 is 0 Å². The van der Waals surface area contributed by atoms with E-state index in [0.717, 1.165) is 5.56 Å². The molecule has 2 rings (SSSR count). The van der Waals surface area contributed by atoms with Gasteiger partial charge in [-0.2, -0.15) is 0 Å². The number of halogens is 1. The van der Waals surface area contributed by atoms with Gasteiger partial charge in [0.25, 0.3) is 5.91 Å². The Morgan fingerprint density at radius 3 is 2.50 bits per heavy atom. The van der Waals surface area contributed by atoms with Crippen molar-refractivity contribution in [2.75, 3.05) is 13.7 Å². The van der Waals surface area contributed by atoms with E-state index < -0.39 is 0 Å². The summed E-state index contributed by atoms with van der Waals surface area (Å²) >= 11 is 5.89. The van der Waals surface area contributed by atoms with Gasteiger partial charge in [0, 0.05) is 12.1 Å². The van der Waals surface area contributed by atoms with Crippen LogP contribution in [0.3, 0.4) is 0 Å². The van der Waals surface area contributed by atoms with E-state index in [4.69, 9.17) is 16.3 Å². The van der Waals surface area contributed by atoms with E-state index >= 15 is 0 Å². The summed E-state index contributed by atoms with van der Waals surface area (Å²) in [5.41, 5.74) is 1.07. The van der Waals surface area contributed by atoms with Crippen molar-refractivity contribution in [3.8, 4) is 0 Å². The summed E-state index contributed by atoms with van der Waals surface area (Å²) in [5, 5.41) is 0.705. The van der Waals surface area contributed by atoms with Gasteiger partial charge in [0.05, 0.1) is 12.6 Å². The Bertz CT molecular complexity index is 456. The Labute approximate surface area is 125 Å². The van der Waals surface area contributed by atoms with Gasteiger partial charge in [0.2, 0.25) is 0 Å². The summed E-state index contributed by atoms with van der Waals surface area (Å²) in [6, 6.07) is 7.60. The summed E-state index contributed by atoms with van der Waals surface area (Å²) in [5.74, 6) is 0.692. The molecule has 0 N–H and O–H groups in total. The van der Waals surface area contributed by atoms with Crippen molar-refractivity contribution in [1.82, 2.24) is 4.90 Å². The molecule has 4 heteroatoms. The lowest BCUT2D eigenvalue weighted by Crippen LogP contribution is -2.38. The van der Waals surface area contributed by atoms with E-state index in [0.29, 0.717) is 17.5 Å². The molecule has 0 saturated heterocycles. The fourth-order valence-electron chi connectivity index (χ4n) is 2.08. The normalized spacial score (nSPS) is 17.6. The minimum atomic E-state index is -0.379. The highest BCUT2D eigenvalue weighted by Gasteiger charge is 2.27. The van der Waals surface area contributed by atoms with Crippen LogP contribution in [-0.4, -0.2) is 30.6 Å². The highest BCUT2D eigenvalue weighted by Crippen LogP contribution is 2.29. The van der Waals surface area contributed by atoms with Crippen LogP contribution in [0.5, 0.6) is 0 Å². The number of carbonyl (C=O) groups excluding carboxylic acids is 1. The first-order chi connectivity index (χ1) is 9.49. The zero-order valence-electron chi connectivity index (χ0n) is 12.3. The predicted molar refractivity (Wildman–Crippen MR) is 80.8 cm³/mol. The second-order valence-electron chi connectivity index (χ2n) is 5.60. The first-order valence-electron chi connectivity index (χ1n) is 7.12. The summed E-state index contributed by atoms with van der Waals surface area (Å²) in [6.07, 6.45) is 2.09. The lowest BCUT2D eigenvalue weighted by atomic mass is 10.1. The van der Waals surface area contributed by atoms with Crippen LogP contribution in [0, 0.1) is 5.92 Å². The Morgan fingerprint density at radius 2 is 1.95 bits per heavy atom. The first-order valence-corrected chi connectivity index (χ1v) is 7.50. The third-order valence-corrected chi connectivity index (χ3v) is 4.16. The zero-order valence-corrected chi connectivity index (χ0v) is 13.1. The molecule has 1 fully saturated rings. The van der Waals surface area contributed by atoms with Crippen LogP contribution in [0.1, 0.15) is 38.3 Å². The van der Waals surface area contributed by atoms with Gasteiger partial charge < -0.3 is 9.64 Å². The molecule has 2 unspecified atom stereocenters. The minimum Gasteiger partial charge on any atom is -0.368 e. The van der Waals surface area contributed by atoms with Gasteiger partial charge in [0.15, 0.2) is 0 Å². The zero-order chi connectivity index (χ0) is 14.7. The molecule has 1 aromatic carbocycles. The molecule has 1 saturated carbocycles. The van der Waals surface area contributed by atoms with Crippen molar-refractivity contribution < 1.29 is 9.53 Å². The van der Waals surface area contributed by atoms with Gasteiger partial charge in [-0.25, -0.2) is 0 Å². The lowest BCUT2D eigenvalue weighted by Gasteiger charge is -2.28. The van der Waals surface area contributed by atoms with Crippen LogP contribution in [-0.2, 0) is 9.53 Å². The van der Waals surface area contributed by atoms with Crippen molar-refractivity contribution in [2.24, 2.45) is 5.92 Å². The third-order valence-electron chi connectivity index (χ3n) is 3.91. The molecule has 0 aromatic heterocycles. The maximum absolute atomic E-state index is 12.3. The lowest BCUT2D eigenvalue weighted by molar-refractivity contribution is -0.143. The molecule has 3 nitrogen and oxygen atoms in total. The van der Waals surface area contributed by atoms with Crippen molar-refractivity contribution in [2.45, 2.75) is 38.8 Å². The quantitative estimate of drug-likeness (QED) is 0.801. The second-order valence-corrected chi connectivity index (χ2v) is 6.03. The van der Waals surface area contributed by atoms with Crippen LogP contribution in [0.2, 0.25) is 5.02 Å². The van der Waals surface area contributed by atoms with Gasteiger partial charge in [-0.3, -0.25) is 4.79 Å². The first kappa shape index (κ1) is 15.3. The molecule has 0 heterocycles. The number of rotatable bonds is 6. The summed E-state index contributed by atoms with van der Waals surface area (Å²) in [4.78, 5) is 14.1. The Morgan fingerprint density at radius 1 is 1.35 bits per heavy atom. The molecular formula is C16H22ClNO2. The Kier molecular flexibility index (Phi) is 5.06. The van der Waals surface area contributed by atoms with E-state index in [2.05, 4.69) is 0 Å². The largest absolute Gasteiger partial charge is 0.368 e. The molecule has 1 aliphatic carbocycles. The molecule has 1 amide bonds. The summed E-state index contributed by atoms with van der Waals surface area (Å²) in [7, 11) is 1.82. The van der Waals surface area contributed by atoms with E-state index in [1.54, 1.807) is 4.90 Å². The molecule has 2 atom stereocenters. The van der Waals surface area contributed by atoms with Crippen molar-refractivity contribution in [1.29, 1.82) is 0 Å². The third kappa shape index (κ3) is 3.97. The second kappa shape index (κ2) is 6.59. The maximum atomic E-state index is 12.3. The summed E-state index contributed by atoms with van der Waals surface area (Å²) in [6.45, 7) is 4.54. The minimum absolute atomic E-state index is 0.00624. The number of amides is 1. The molecule has 0 aliphatic heterocycles. The molecular weight excluding hydrogens is 274 g/mol. The molecule has 0 bridgehead atoms. The number of benzene rings is 1. The predicted octanol–water partition coefficient (Wildman–Crippen LogP) is 3.67. The Hall–Kier alpha value is -1.06. The van der Waals surface area contributed by atoms with E-state index in [-0.39, 0.29) is 18.1 Å². The number of nitrogens with zero attached hydrogens (tertiary/aromatic N) is 1. The molecule has 0 radical (unpaired) electrons. The topological polar surface area (TPSA) is 29.5 Å². The number of ether oxygens (including phenoxy) is 1. The molecule has 20 heavy (non-hydrogen) atoms. The molecule has 1 aliphatic rings. The molecule has 1 aromatic rings. The average molecular weight is 296 g/mol. The van der Waals surface area contributed by atoms with Crippen LogP contribution in [0.4, 0.5) is 0 Å². The van der Waals surface area contributed by atoms with E-state index in [9.17, 15) is 4.79 Å². The number of hydrogen-bond donors (Lipinski definition) is 0. The Balaban J connectivity index is 1.92. The fraction of sp³-hybridized carbons (Fsp3) is 0.562. The number of hydrogen-bond acceptors (Lipinski definition) is 2. The van der Waals surface area contributed by atoms with E-state index in [1.807, 2.05) is 45.2 Å². The van der Waals surface area contributed by atoms with Gasteiger partial charge in [-0.15, -0.1) is 0 Å². The smallest absolute Gasteiger partial charge is 0.251 e. The summed E-state index contributed by atoms with van der Waals surface area (Å²) < 4.78 is 5.64. The van der Waals surface area contributed by atoms with Crippen LogP contribution in [0.15, 0.2) is 24.3 Å². The fourth-order valence-corrected chi connectivity index (χ4v) is 2.20. The van der Waals surface area contributed by atoms with E-state index in [1.165, 1.54) is 12.8 Å².